The monoisotopic (exact) mass is 1240 g/mol. The second-order valence-corrected chi connectivity index (χ2v) is 21.5. The molecule has 5 heterocycles. The average molecular weight is 1240 g/mol. The first-order valence-electron chi connectivity index (χ1n) is 24.3. The van der Waals surface area contributed by atoms with Crippen molar-refractivity contribution in [3.05, 3.63) is 0 Å². The van der Waals surface area contributed by atoms with Crippen LogP contribution in [0, 0.1) is 11.8 Å². The van der Waals surface area contributed by atoms with Crippen LogP contribution >= 0.6 is 22.6 Å². The number of carboxylic acids is 2. The average Bonchev–Trinajstić information content (AvgIpc) is 3.39. The predicted molar refractivity (Wildman–Crippen MR) is 248 cm³/mol. The highest BCUT2D eigenvalue weighted by atomic mass is 127. The second-order valence-electron chi connectivity index (χ2n) is 19.5. The number of aliphatic hydroxyl groups is 18. The number of aliphatic carboxylic acids is 2. The first-order valence-corrected chi connectivity index (χ1v) is 25.6. The summed E-state index contributed by atoms with van der Waals surface area (Å²) >= 11 is 1.72. The molecule has 77 heavy (non-hydrogen) atoms. The van der Waals surface area contributed by atoms with E-state index in [0.29, 0.717) is 0 Å². The maximum atomic E-state index is 12.3. The number of hydrogen-bond donors (Lipinski definition) is 20. The van der Waals surface area contributed by atoms with Gasteiger partial charge in [0.25, 0.3) is 5.79 Å². The van der Waals surface area contributed by atoms with Crippen molar-refractivity contribution in [2.24, 2.45) is 11.8 Å². The van der Waals surface area contributed by atoms with E-state index in [1.165, 1.54) is 20.8 Å². The summed E-state index contributed by atoms with van der Waals surface area (Å²) in [5.74, 6) is -8.98. The summed E-state index contributed by atoms with van der Waals surface area (Å²) in [6.07, 6.45) is -54.0. The predicted octanol–water partition coefficient (Wildman–Crippen LogP) is -10.8. The van der Waals surface area contributed by atoms with E-state index in [-0.39, 0.29) is 0 Å². The molecule has 0 aromatic heterocycles. The van der Waals surface area contributed by atoms with Crippen molar-refractivity contribution in [2.45, 2.75) is 203 Å². The molecule has 0 spiro atoms. The molecule has 0 aliphatic carbocycles. The van der Waals surface area contributed by atoms with Gasteiger partial charge in [0.2, 0.25) is 0 Å². The minimum absolute atomic E-state index is 0.749. The second kappa shape index (κ2) is 28.7. The maximum Gasteiger partial charge on any atom is 0.364 e. The third-order valence-electron chi connectivity index (χ3n) is 13.9. The summed E-state index contributed by atoms with van der Waals surface area (Å²) in [4.78, 5) is 23.7. The zero-order valence-corrected chi connectivity index (χ0v) is 43.6. The van der Waals surface area contributed by atoms with Crippen LogP contribution in [-0.4, -0.2) is 329 Å². The van der Waals surface area contributed by atoms with Crippen molar-refractivity contribution >= 4 is 34.5 Å². The Morgan fingerprint density at radius 1 is 0.623 bits per heavy atom. The van der Waals surface area contributed by atoms with Crippen molar-refractivity contribution in [2.75, 3.05) is 39.6 Å². The zero-order chi connectivity index (χ0) is 57.7. The van der Waals surface area contributed by atoms with Gasteiger partial charge in [0.15, 0.2) is 37.6 Å². The summed E-state index contributed by atoms with van der Waals surface area (Å²) in [7, 11) is 0. The molecule has 0 aromatic carbocycles. The Bertz CT molecular complexity index is 1830. The van der Waals surface area contributed by atoms with E-state index in [9.17, 15) is 112 Å². The van der Waals surface area contributed by atoms with Gasteiger partial charge in [-0.1, -0.05) is 36.4 Å². The molecule has 31 atom stereocenters. The van der Waals surface area contributed by atoms with Gasteiger partial charge in [0.05, 0.1) is 61.9 Å². The van der Waals surface area contributed by atoms with Gasteiger partial charge in [-0.15, -0.1) is 0 Å². The fourth-order valence-corrected chi connectivity index (χ4v) is 9.55. The molecule has 0 aromatic rings. The molecule has 0 saturated carbocycles. The molecular formula is C43H73IO33. The van der Waals surface area contributed by atoms with E-state index in [0.717, 1.165) is 0 Å². The Morgan fingerprint density at radius 2 is 1.17 bits per heavy atom. The number of alkyl halides is 1. The molecule has 13 unspecified atom stereocenters. The zero-order valence-electron chi connectivity index (χ0n) is 41.4. The number of hydrogen-bond acceptors (Lipinski definition) is 31. The number of aliphatic hydroxyl groups excluding tert-OH is 17. The van der Waals surface area contributed by atoms with Crippen molar-refractivity contribution in [1.82, 2.24) is 0 Å². The van der Waals surface area contributed by atoms with Crippen molar-refractivity contribution < 1.29 is 164 Å². The van der Waals surface area contributed by atoms with Crippen LogP contribution in [0.4, 0.5) is 0 Å². The number of carbonyl (C=O) groups is 2. The minimum Gasteiger partial charge on any atom is -0.479 e. The molecule has 5 rings (SSSR count). The van der Waals surface area contributed by atoms with E-state index < -0.39 is 245 Å². The van der Waals surface area contributed by atoms with Gasteiger partial charge in [-0.2, -0.15) is 0 Å². The smallest absolute Gasteiger partial charge is 0.364 e. The van der Waals surface area contributed by atoms with Crippen LogP contribution < -0.4 is 0 Å². The van der Waals surface area contributed by atoms with Crippen molar-refractivity contribution in [1.29, 1.82) is 0 Å². The molecule has 0 radical (unpaired) electrons. The summed E-state index contributed by atoms with van der Waals surface area (Å²) < 4.78 is 62.3. The maximum absolute atomic E-state index is 12.3. The minimum atomic E-state index is -3.18. The molecular weight excluding hydrogens is 1170 g/mol. The number of rotatable bonds is 25. The summed E-state index contributed by atoms with van der Waals surface area (Å²) in [5, 5.41) is 213. The molecule has 0 amide bonds. The van der Waals surface area contributed by atoms with Gasteiger partial charge in [0.1, 0.15) is 110 Å². The van der Waals surface area contributed by atoms with E-state index in [2.05, 4.69) is 0 Å². The van der Waals surface area contributed by atoms with E-state index >= 15 is 0 Å². The molecule has 5 aliphatic heterocycles. The van der Waals surface area contributed by atoms with Gasteiger partial charge >= 0.3 is 11.9 Å². The fraction of sp³-hybridized carbons (Fsp3) is 0.953. The number of carboxylic acid groups (broad SMARTS) is 2. The molecule has 5 saturated heterocycles. The molecule has 34 heteroatoms. The third-order valence-corrected chi connectivity index (χ3v) is 14.5. The van der Waals surface area contributed by atoms with Gasteiger partial charge < -0.3 is 154 Å². The van der Waals surface area contributed by atoms with Gasteiger partial charge in [0, 0.05) is 18.3 Å². The van der Waals surface area contributed by atoms with E-state index in [1.807, 2.05) is 0 Å². The first kappa shape index (κ1) is 66.3. The molecule has 5 fully saturated rings. The summed E-state index contributed by atoms with van der Waals surface area (Å²) in [5.41, 5.74) is 0. The Balaban J connectivity index is 1.50. The Kier molecular flexibility index (Phi) is 24.7. The van der Waals surface area contributed by atoms with Crippen LogP contribution in [0.3, 0.4) is 0 Å². The van der Waals surface area contributed by atoms with Gasteiger partial charge in [-0.25, -0.2) is 9.59 Å². The van der Waals surface area contributed by atoms with Crippen LogP contribution in [0.1, 0.15) is 27.2 Å². The quantitative estimate of drug-likeness (QED) is 0.0229. The van der Waals surface area contributed by atoms with Crippen molar-refractivity contribution in [3.63, 3.8) is 0 Å². The Hall–Kier alpha value is -1.49. The standard InChI is InChI=1S/C43H73IO33/c1-11-21(54)23(56)19(8-48)69-37(11)67-9-18(53)29(15(50)5-45)71-39(13(3)44)74-33-28(61)41(72-30-14(49)4-43(66,42(64)65)77-32(30)17(52)7-47)73-31(16(51)6-46)35(33)76-40-27(60)25(58)24(57)20(70-40)10-68-38-12(2)22(55)26(59)34(75-38)36(62)63/h11-35,37-41,45-61,66H,4-10H2,1-3H3,(H,62,63)(H,64,65)/t11?,12?,13-,14-,15+,16?,17?,18?,19?,20?,21-,22-,23-,24-,25?,26-,27+,28+,29?,30+,31?,32?,33?,34?,35+,37-,38-,39-,40+,41+,43-/m1/s1. The van der Waals surface area contributed by atoms with E-state index in [1.54, 1.807) is 22.6 Å². The molecule has 5 aliphatic rings. The lowest BCUT2D eigenvalue weighted by molar-refractivity contribution is -0.397. The fourth-order valence-electron chi connectivity index (χ4n) is 9.21. The largest absolute Gasteiger partial charge is 0.479 e. The van der Waals surface area contributed by atoms with Crippen LogP contribution in [0.25, 0.3) is 0 Å². The van der Waals surface area contributed by atoms with Crippen LogP contribution in [0.2, 0.25) is 0 Å². The van der Waals surface area contributed by atoms with Crippen LogP contribution in [-0.2, 0) is 61.7 Å². The highest BCUT2D eigenvalue weighted by molar-refractivity contribution is 14.1. The Labute approximate surface area is 451 Å². The molecule has 33 nitrogen and oxygen atoms in total. The number of ether oxygens (including phenoxy) is 11. The lowest BCUT2D eigenvalue weighted by atomic mass is 9.91. The highest BCUT2D eigenvalue weighted by Crippen LogP contribution is 2.39. The first-order chi connectivity index (χ1) is 36.1. The Morgan fingerprint density at radius 3 is 1.73 bits per heavy atom. The van der Waals surface area contributed by atoms with Crippen molar-refractivity contribution in [3.8, 4) is 0 Å². The summed E-state index contributed by atoms with van der Waals surface area (Å²) in [6.45, 7) is -1.77. The normalized spacial score (nSPS) is 44.8. The summed E-state index contributed by atoms with van der Waals surface area (Å²) in [6, 6.07) is 0. The topological polar surface area (TPSA) is 540 Å². The molecule has 450 valence electrons. The molecule has 20 N–H and O–H groups in total. The van der Waals surface area contributed by atoms with Gasteiger partial charge in [-0.05, 0) is 6.92 Å². The molecule has 0 bridgehead atoms. The van der Waals surface area contributed by atoms with Crippen LogP contribution in [0.5, 0.6) is 0 Å². The van der Waals surface area contributed by atoms with E-state index in [4.69, 9.17) is 52.1 Å². The number of halogens is 1. The van der Waals surface area contributed by atoms with Gasteiger partial charge in [-0.3, -0.25) is 0 Å². The lowest BCUT2D eigenvalue weighted by Crippen LogP contribution is -2.69. The highest BCUT2D eigenvalue weighted by Gasteiger charge is 2.59. The lowest BCUT2D eigenvalue weighted by Gasteiger charge is -2.51. The SMILES string of the molecule is CC1[C@H](OCC(O)C(O[C@H](OC2[C@@H](O[C@@H]3OC(CO[C@@H]4OC(C(=O)O)[C@H](O)[C@H](O)C4C)[C@@H](O)C(O)[C@@H]3O)C(C(O)CO)O[C@H](O[C@@H]3C(C(O)CO)O[C@@](O)(C(=O)O)C[C@H]3O)[C@H]2O)[C@@H](C)I)[C@@H](O)CO)OC(CO)[C@@H](O)[C@@H]1O. The van der Waals surface area contributed by atoms with Crippen LogP contribution in [0.15, 0.2) is 0 Å². The third kappa shape index (κ3) is 15.2.